The van der Waals surface area contributed by atoms with Crippen molar-refractivity contribution in [3.8, 4) is 0 Å². The Kier molecular flexibility index (Phi) is 5.56. The first-order chi connectivity index (χ1) is 11.0. The van der Waals surface area contributed by atoms with Crippen LogP contribution in [0.3, 0.4) is 0 Å². The van der Waals surface area contributed by atoms with E-state index in [1.54, 1.807) is 11.9 Å². The monoisotopic (exact) mass is 320 g/mol. The fourth-order valence-corrected chi connectivity index (χ4v) is 1.96. The second-order valence-corrected chi connectivity index (χ2v) is 5.12. The number of nitrogens with one attached hydrogen (secondary N) is 1. The van der Waals surface area contributed by atoms with Crippen LogP contribution in [0.2, 0.25) is 0 Å². The van der Waals surface area contributed by atoms with E-state index in [0.717, 1.165) is 25.0 Å². The summed E-state index contributed by atoms with van der Waals surface area (Å²) in [6.07, 6.45) is 3.11. The molecule has 0 aliphatic carbocycles. The summed E-state index contributed by atoms with van der Waals surface area (Å²) in [5, 5.41) is 2.71. The molecule has 5 nitrogen and oxygen atoms in total. The summed E-state index contributed by atoms with van der Waals surface area (Å²) in [6, 6.07) is 4.61. The molecule has 1 amide bonds. The zero-order valence-corrected chi connectivity index (χ0v) is 13.0. The molecule has 122 valence electrons. The Balaban J connectivity index is 2.14. The van der Waals surface area contributed by atoms with E-state index < -0.39 is 11.6 Å². The molecule has 0 aliphatic rings. The molecule has 0 spiro atoms. The van der Waals surface area contributed by atoms with Crippen molar-refractivity contribution < 1.29 is 13.6 Å². The maximum absolute atomic E-state index is 13.6. The number of halogens is 2. The van der Waals surface area contributed by atoms with Crippen LogP contribution < -0.4 is 5.32 Å². The number of unbranched alkanes of at least 4 members (excludes halogenated alkanes) is 1. The summed E-state index contributed by atoms with van der Waals surface area (Å²) in [5.41, 5.74) is 0.284. The van der Waals surface area contributed by atoms with Crippen molar-refractivity contribution in [2.45, 2.75) is 19.8 Å². The fourth-order valence-electron chi connectivity index (χ4n) is 1.96. The molecule has 0 saturated heterocycles. The maximum atomic E-state index is 13.6. The molecule has 7 heteroatoms. The highest BCUT2D eigenvalue weighted by Gasteiger charge is 2.14. The Morgan fingerprint density at radius 3 is 2.74 bits per heavy atom. The highest BCUT2D eigenvalue weighted by atomic mass is 19.1. The Hall–Kier alpha value is -2.57. The van der Waals surface area contributed by atoms with Crippen LogP contribution in [-0.4, -0.2) is 34.4 Å². The second kappa shape index (κ2) is 7.62. The zero-order chi connectivity index (χ0) is 16.8. The van der Waals surface area contributed by atoms with Crippen molar-refractivity contribution in [3.05, 3.63) is 47.9 Å². The standard InChI is InChI=1S/C16H18F2N4O/c1-3-4-7-22(2)16(23)14-9-15(20-10-19-14)21-13-6-5-11(17)8-12(13)18/h5-6,8-10H,3-4,7H2,1-2H3,(H,19,20,21). The minimum atomic E-state index is -0.739. The van der Waals surface area contributed by atoms with Crippen LogP contribution in [0.15, 0.2) is 30.6 Å². The number of aromatic nitrogens is 2. The van der Waals surface area contributed by atoms with Gasteiger partial charge in [0, 0.05) is 25.7 Å². The number of anilines is 2. The van der Waals surface area contributed by atoms with Gasteiger partial charge in [-0.25, -0.2) is 18.7 Å². The SMILES string of the molecule is CCCCN(C)C(=O)c1cc(Nc2ccc(F)cc2F)ncn1. The smallest absolute Gasteiger partial charge is 0.272 e. The lowest BCUT2D eigenvalue weighted by Gasteiger charge is -2.16. The minimum Gasteiger partial charge on any atom is -0.340 e. The highest BCUT2D eigenvalue weighted by molar-refractivity contribution is 5.92. The van der Waals surface area contributed by atoms with Gasteiger partial charge in [-0.05, 0) is 18.6 Å². The third-order valence-corrected chi connectivity index (χ3v) is 3.27. The molecule has 2 aromatic rings. The van der Waals surface area contributed by atoms with E-state index in [0.29, 0.717) is 6.54 Å². The molecule has 1 aromatic carbocycles. The van der Waals surface area contributed by atoms with Gasteiger partial charge in [0.25, 0.3) is 5.91 Å². The van der Waals surface area contributed by atoms with Gasteiger partial charge in [-0.1, -0.05) is 13.3 Å². The summed E-state index contributed by atoms with van der Waals surface area (Å²) in [4.78, 5) is 21.7. The van der Waals surface area contributed by atoms with Gasteiger partial charge in [0.15, 0.2) is 0 Å². The molecular weight excluding hydrogens is 302 g/mol. The first-order valence-electron chi connectivity index (χ1n) is 7.31. The molecule has 0 aliphatic heterocycles. The van der Waals surface area contributed by atoms with E-state index >= 15 is 0 Å². The molecule has 0 atom stereocenters. The van der Waals surface area contributed by atoms with Gasteiger partial charge in [-0.15, -0.1) is 0 Å². The van der Waals surface area contributed by atoms with E-state index in [1.165, 1.54) is 18.5 Å². The fraction of sp³-hybridized carbons (Fsp3) is 0.312. The molecule has 1 N–H and O–H groups in total. The van der Waals surface area contributed by atoms with E-state index in [2.05, 4.69) is 15.3 Å². The second-order valence-electron chi connectivity index (χ2n) is 5.12. The molecule has 0 unspecified atom stereocenters. The van der Waals surface area contributed by atoms with Crippen molar-refractivity contribution in [1.82, 2.24) is 14.9 Å². The third-order valence-electron chi connectivity index (χ3n) is 3.27. The van der Waals surface area contributed by atoms with Crippen LogP contribution in [0.25, 0.3) is 0 Å². The topological polar surface area (TPSA) is 58.1 Å². The predicted molar refractivity (Wildman–Crippen MR) is 83.5 cm³/mol. The number of hydrogen-bond acceptors (Lipinski definition) is 4. The van der Waals surface area contributed by atoms with Crippen molar-refractivity contribution in [1.29, 1.82) is 0 Å². The van der Waals surface area contributed by atoms with E-state index in [9.17, 15) is 13.6 Å². The van der Waals surface area contributed by atoms with Crippen LogP contribution >= 0.6 is 0 Å². The largest absolute Gasteiger partial charge is 0.340 e. The van der Waals surface area contributed by atoms with Crippen LogP contribution in [0, 0.1) is 11.6 Å². The minimum absolute atomic E-state index is 0.0721. The Morgan fingerprint density at radius 1 is 1.26 bits per heavy atom. The summed E-state index contributed by atoms with van der Waals surface area (Å²) < 4.78 is 26.5. The Labute approximate surface area is 133 Å². The highest BCUT2D eigenvalue weighted by Crippen LogP contribution is 2.19. The lowest BCUT2D eigenvalue weighted by Crippen LogP contribution is -2.28. The average Bonchev–Trinajstić information content (AvgIpc) is 2.55. The zero-order valence-electron chi connectivity index (χ0n) is 13.0. The first-order valence-corrected chi connectivity index (χ1v) is 7.31. The third kappa shape index (κ3) is 4.45. The number of carbonyl (C=O) groups is 1. The lowest BCUT2D eigenvalue weighted by molar-refractivity contribution is 0.0787. The van der Waals surface area contributed by atoms with Crippen molar-refractivity contribution in [3.63, 3.8) is 0 Å². The summed E-state index contributed by atoms with van der Waals surface area (Å²) in [5.74, 6) is -1.37. The summed E-state index contributed by atoms with van der Waals surface area (Å²) in [6.45, 7) is 2.68. The van der Waals surface area contributed by atoms with Crippen molar-refractivity contribution in [2.24, 2.45) is 0 Å². The van der Waals surface area contributed by atoms with Gasteiger partial charge >= 0.3 is 0 Å². The average molecular weight is 320 g/mol. The van der Waals surface area contributed by atoms with Gasteiger partial charge < -0.3 is 10.2 Å². The number of amides is 1. The van der Waals surface area contributed by atoms with Crippen molar-refractivity contribution >= 4 is 17.4 Å². The normalized spacial score (nSPS) is 10.4. The molecule has 23 heavy (non-hydrogen) atoms. The van der Waals surface area contributed by atoms with Gasteiger partial charge in [-0.3, -0.25) is 4.79 Å². The molecule has 0 fully saturated rings. The summed E-state index contributed by atoms with van der Waals surface area (Å²) >= 11 is 0. The van der Waals surface area contributed by atoms with Gasteiger partial charge in [0.1, 0.15) is 29.5 Å². The van der Waals surface area contributed by atoms with Crippen LogP contribution in [0.4, 0.5) is 20.3 Å². The van der Waals surface area contributed by atoms with Crippen LogP contribution in [0.1, 0.15) is 30.3 Å². The molecule has 2 rings (SSSR count). The van der Waals surface area contributed by atoms with Crippen LogP contribution in [0.5, 0.6) is 0 Å². The van der Waals surface area contributed by atoms with E-state index in [1.807, 2.05) is 6.92 Å². The number of rotatable bonds is 6. The van der Waals surface area contributed by atoms with Gasteiger partial charge in [0.2, 0.25) is 0 Å². The Morgan fingerprint density at radius 2 is 2.04 bits per heavy atom. The lowest BCUT2D eigenvalue weighted by atomic mass is 10.2. The number of carbonyl (C=O) groups excluding carboxylic acids is 1. The maximum Gasteiger partial charge on any atom is 0.272 e. The predicted octanol–water partition coefficient (Wildman–Crippen LogP) is 3.37. The van der Waals surface area contributed by atoms with Crippen LogP contribution in [-0.2, 0) is 0 Å². The molecule has 0 bridgehead atoms. The van der Waals surface area contributed by atoms with Crippen molar-refractivity contribution in [2.75, 3.05) is 18.9 Å². The molecule has 0 radical (unpaired) electrons. The summed E-state index contributed by atoms with van der Waals surface area (Å²) in [7, 11) is 1.70. The molecule has 1 heterocycles. The number of nitrogens with zero attached hydrogens (tertiary/aromatic N) is 3. The Bertz CT molecular complexity index is 694. The molecule has 0 saturated carbocycles. The molecular formula is C16H18F2N4O. The quantitative estimate of drug-likeness (QED) is 0.886. The van der Waals surface area contributed by atoms with Gasteiger partial charge in [0.05, 0.1) is 5.69 Å². The molecule has 1 aromatic heterocycles. The van der Waals surface area contributed by atoms with E-state index in [4.69, 9.17) is 0 Å². The first kappa shape index (κ1) is 16.8. The van der Waals surface area contributed by atoms with E-state index in [-0.39, 0.29) is 23.1 Å². The number of hydrogen-bond donors (Lipinski definition) is 1. The van der Waals surface area contributed by atoms with Gasteiger partial charge in [-0.2, -0.15) is 0 Å². The number of benzene rings is 1.